The first-order valence-electron chi connectivity index (χ1n) is 17.7. The molecule has 0 unspecified atom stereocenters. The number of hydrogen-bond donors (Lipinski definition) is 0. The van der Waals surface area contributed by atoms with Gasteiger partial charge < -0.3 is 4.42 Å². The van der Waals surface area contributed by atoms with Crippen LogP contribution in [0.25, 0.3) is 89.5 Å². The second-order valence-corrected chi connectivity index (χ2v) is 14.0. The Kier molecular flexibility index (Phi) is 6.80. The van der Waals surface area contributed by atoms with E-state index < -0.39 is 0 Å². The van der Waals surface area contributed by atoms with Gasteiger partial charge in [-0.3, -0.25) is 0 Å². The molecule has 0 aliphatic heterocycles. The van der Waals surface area contributed by atoms with Gasteiger partial charge in [0.2, 0.25) is 0 Å². The molecule has 4 heteroatoms. The molecule has 9 aromatic rings. The maximum atomic E-state index is 6.29. The summed E-state index contributed by atoms with van der Waals surface area (Å²) >= 11 is 0. The normalized spacial score (nSPS) is 13.0. The summed E-state index contributed by atoms with van der Waals surface area (Å²) in [5, 5.41) is 2.41. The molecule has 7 aromatic carbocycles. The predicted octanol–water partition coefficient (Wildman–Crippen LogP) is 12.4. The van der Waals surface area contributed by atoms with Gasteiger partial charge in [0, 0.05) is 32.9 Å². The molecule has 2 heterocycles. The van der Waals surface area contributed by atoms with Crippen LogP contribution < -0.4 is 0 Å². The second-order valence-electron chi connectivity index (χ2n) is 14.0. The monoisotopic (exact) mass is 667 g/mol. The van der Waals surface area contributed by atoms with Crippen LogP contribution in [0, 0.1) is 0 Å². The zero-order valence-electron chi connectivity index (χ0n) is 28.8. The van der Waals surface area contributed by atoms with E-state index in [1.54, 1.807) is 0 Å². The smallest absolute Gasteiger partial charge is 0.164 e. The molecular formula is C48H33N3O. The van der Waals surface area contributed by atoms with E-state index in [0.29, 0.717) is 17.5 Å². The van der Waals surface area contributed by atoms with E-state index in [4.69, 9.17) is 19.4 Å². The van der Waals surface area contributed by atoms with Gasteiger partial charge in [-0.15, -0.1) is 0 Å². The van der Waals surface area contributed by atoms with Gasteiger partial charge in [-0.25, -0.2) is 15.0 Å². The molecule has 0 N–H and O–H groups in total. The number of fused-ring (bicyclic) bond motifs is 7. The van der Waals surface area contributed by atoms with Crippen LogP contribution in [0.3, 0.4) is 0 Å². The fourth-order valence-corrected chi connectivity index (χ4v) is 7.94. The number of furan rings is 1. The first-order valence-corrected chi connectivity index (χ1v) is 17.7. The van der Waals surface area contributed by atoms with Crippen molar-refractivity contribution < 1.29 is 4.42 Å². The molecule has 1 aliphatic carbocycles. The summed E-state index contributed by atoms with van der Waals surface area (Å²) in [5.74, 6) is 1.96. The highest BCUT2D eigenvalue weighted by Gasteiger charge is 2.38. The highest BCUT2D eigenvalue weighted by molar-refractivity contribution is 6.11. The van der Waals surface area contributed by atoms with Crippen molar-refractivity contribution in [3.8, 4) is 67.5 Å². The molecule has 0 saturated heterocycles. The van der Waals surface area contributed by atoms with Crippen LogP contribution in [-0.4, -0.2) is 15.0 Å². The van der Waals surface area contributed by atoms with E-state index in [1.165, 1.54) is 44.2 Å². The molecule has 0 radical (unpaired) electrons. The van der Waals surface area contributed by atoms with Crippen molar-refractivity contribution in [1.82, 2.24) is 15.0 Å². The SMILES string of the molecule is CC1(C)c2ccc(-c3cccc(-c4ccc(-c5nc(-c6ccccc6)nc(-c6ccccc6)n5)cc4)c3)cc2-c2ccc3oc4ccccc4c3c21. The number of para-hydroxylation sites is 1. The third-order valence-corrected chi connectivity index (χ3v) is 10.5. The third kappa shape index (κ3) is 4.87. The Labute approximate surface area is 302 Å². The predicted molar refractivity (Wildman–Crippen MR) is 212 cm³/mol. The Balaban J connectivity index is 1.01. The minimum absolute atomic E-state index is 0.152. The summed E-state index contributed by atoms with van der Waals surface area (Å²) in [7, 11) is 0. The molecule has 52 heavy (non-hydrogen) atoms. The fourth-order valence-electron chi connectivity index (χ4n) is 7.94. The third-order valence-electron chi connectivity index (χ3n) is 10.5. The maximum absolute atomic E-state index is 6.29. The minimum atomic E-state index is -0.152. The van der Waals surface area contributed by atoms with Crippen LogP contribution in [0.5, 0.6) is 0 Å². The van der Waals surface area contributed by atoms with Crippen LogP contribution >= 0.6 is 0 Å². The Morgan fingerprint density at radius 1 is 0.404 bits per heavy atom. The van der Waals surface area contributed by atoms with Gasteiger partial charge >= 0.3 is 0 Å². The van der Waals surface area contributed by atoms with Crippen molar-refractivity contribution in [3.63, 3.8) is 0 Å². The highest BCUT2D eigenvalue weighted by atomic mass is 16.3. The van der Waals surface area contributed by atoms with E-state index in [1.807, 2.05) is 66.7 Å². The molecule has 0 spiro atoms. The molecule has 246 valence electrons. The van der Waals surface area contributed by atoms with E-state index in [2.05, 4.69) is 111 Å². The van der Waals surface area contributed by atoms with Gasteiger partial charge in [0.1, 0.15) is 11.2 Å². The van der Waals surface area contributed by atoms with Gasteiger partial charge in [-0.2, -0.15) is 0 Å². The van der Waals surface area contributed by atoms with Crippen molar-refractivity contribution in [3.05, 3.63) is 175 Å². The van der Waals surface area contributed by atoms with Gasteiger partial charge in [-0.1, -0.05) is 153 Å². The average Bonchev–Trinajstić information content (AvgIpc) is 3.70. The molecule has 1 aliphatic rings. The van der Waals surface area contributed by atoms with E-state index >= 15 is 0 Å². The number of hydrogen-bond acceptors (Lipinski definition) is 4. The van der Waals surface area contributed by atoms with Gasteiger partial charge in [0.05, 0.1) is 0 Å². The van der Waals surface area contributed by atoms with Crippen LogP contribution in [0.15, 0.2) is 168 Å². The number of benzene rings is 7. The lowest BCUT2D eigenvalue weighted by Crippen LogP contribution is -2.15. The summed E-state index contributed by atoms with van der Waals surface area (Å²) in [4.78, 5) is 14.7. The average molecular weight is 668 g/mol. The van der Waals surface area contributed by atoms with Gasteiger partial charge in [0.25, 0.3) is 0 Å². The van der Waals surface area contributed by atoms with Crippen LogP contribution in [0.1, 0.15) is 25.0 Å². The summed E-state index contributed by atoms with van der Waals surface area (Å²) < 4.78 is 6.29. The highest BCUT2D eigenvalue weighted by Crippen LogP contribution is 2.53. The Morgan fingerprint density at radius 3 is 1.60 bits per heavy atom. The fraction of sp³-hybridized carbons (Fsp3) is 0.0625. The van der Waals surface area contributed by atoms with Crippen LogP contribution in [0.2, 0.25) is 0 Å². The molecule has 0 saturated carbocycles. The molecule has 4 nitrogen and oxygen atoms in total. The number of rotatable bonds is 5. The van der Waals surface area contributed by atoms with Crippen molar-refractivity contribution in [2.24, 2.45) is 0 Å². The van der Waals surface area contributed by atoms with Crippen molar-refractivity contribution in [1.29, 1.82) is 0 Å². The Morgan fingerprint density at radius 2 is 0.923 bits per heavy atom. The van der Waals surface area contributed by atoms with Crippen LogP contribution in [-0.2, 0) is 5.41 Å². The van der Waals surface area contributed by atoms with Crippen LogP contribution in [0.4, 0.5) is 0 Å². The first-order chi connectivity index (χ1) is 25.5. The van der Waals surface area contributed by atoms with Crippen molar-refractivity contribution >= 4 is 21.9 Å². The lowest BCUT2D eigenvalue weighted by Gasteiger charge is -2.22. The number of nitrogens with zero attached hydrogens (tertiary/aromatic N) is 3. The van der Waals surface area contributed by atoms with Crippen molar-refractivity contribution in [2.75, 3.05) is 0 Å². The van der Waals surface area contributed by atoms with Gasteiger partial charge in [-0.05, 0) is 68.8 Å². The molecule has 10 rings (SSSR count). The summed E-state index contributed by atoms with van der Waals surface area (Å²) in [6.45, 7) is 4.68. The summed E-state index contributed by atoms with van der Waals surface area (Å²) in [5.41, 5.74) is 14.5. The lowest BCUT2D eigenvalue weighted by atomic mass is 9.80. The zero-order chi connectivity index (χ0) is 34.8. The molecule has 0 fully saturated rings. The van der Waals surface area contributed by atoms with Gasteiger partial charge in [0.15, 0.2) is 17.5 Å². The van der Waals surface area contributed by atoms with E-state index in [-0.39, 0.29) is 5.41 Å². The Bertz CT molecular complexity index is 2740. The molecule has 0 amide bonds. The van der Waals surface area contributed by atoms with Crippen molar-refractivity contribution in [2.45, 2.75) is 19.3 Å². The van der Waals surface area contributed by atoms with E-state index in [0.717, 1.165) is 39.0 Å². The second kappa shape index (κ2) is 11.7. The Hall–Kier alpha value is -6.65. The largest absolute Gasteiger partial charge is 0.456 e. The minimum Gasteiger partial charge on any atom is -0.456 e. The molecule has 0 atom stereocenters. The lowest BCUT2D eigenvalue weighted by molar-refractivity contribution is 0.657. The zero-order valence-corrected chi connectivity index (χ0v) is 28.8. The molecular weight excluding hydrogens is 635 g/mol. The topological polar surface area (TPSA) is 51.8 Å². The van der Waals surface area contributed by atoms with E-state index in [9.17, 15) is 0 Å². The summed E-state index contributed by atoms with van der Waals surface area (Å²) in [6.07, 6.45) is 0. The summed E-state index contributed by atoms with van der Waals surface area (Å²) in [6, 6.07) is 57.2. The molecule has 2 aromatic heterocycles. The quantitative estimate of drug-likeness (QED) is 0.183. The first kappa shape index (κ1) is 30.2. The standard InChI is InChI=1S/C48H33N3O/c1-48(2)40-26-24-36(29-39(40)37-25-27-42-43(44(37)48)38-18-9-10-19-41(38)52-42)35-17-11-16-34(28-35)30-20-22-33(23-21-30)47-50-45(31-12-5-3-6-13-31)49-46(51-47)32-14-7-4-8-15-32/h3-29H,1-2H3. The molecule has 0 bridgehead atoms. The number of aromatic nitrogens is 3. The maximum Gasteiger partial charge on any atom is 0.164 e.